The Kier molecular flexibility index (Phi) is 5.20. The van der Waals surface area contributed by atoms with Crippen molar-refractivity contribution in [2.24, 2.45) is 4.99 Å². The summed E-state index contributed by atoms with van der Waals surface area (Å²) in [6.07, 6.45) is 0. The number of aromatic nitrogens is 1. The van der Waals surface area contributed by atoms with E-state index in [2.05, 4.69) is 4.98 Å². The highest BCUT2D eigenvalue weighted by molar-refractivity contribution is 8.20. The fourth-order valence-corrected chi connectivity index (χ4v) is 7.06. The molecule has 1 saturated heterocycles. The highest BCUT2D eigenvalue weighted by Gasteiger charge is 2.40. The molecule has 4 aromatic rings. The third-order valence-corrected chi connectivity index (χ3v) is 8.85. The molecule has 6 rings (SSSR count). The Balaban J connectivity index is 1.46. The van der Waals surface area contributed by atoms with Gasteiger partial charge in [-0.1, -0.05) is 23.9 Å². The molecular weight excluding hydrogens is 488 g/mol. The Bertz CT molecular complexity index is 1530. The first kappa shape index (κ1) is 21.4. The average Bonchev–Trinajstić information content (AvgIpc) is 3.47. The number of hydrogen-bond donors (Lipinski definition) is 0. The number of amides is 1. The van der Waals surface area contributed by atoms with E-state index in [1.807, 2.05) is 61.3 Å². The number of benzene rings is 3. The van der Waals surface area contributed by atoms with Crippen molar-refractivity contribution in [1.29, 1.82) is 0 Å². The first-order valence-electron chi connectivity index (χ1n) is 10.5. The Labute approximate surface area is 208 Å². The number of halogens is 1. The van der Waals surface area contributed by atoms with Crippen LogP contribution in [0.3, 0.4) is 0 Å². The van der Waals surface area contributed by atoms with Crippen LogP contribution in [0.1, 0.15) is 5.01 Å². The maximum atomic E-state index is 13.7. The number of hydrogen-bond acceptors (Lipinski definition) is 7. The summed E-state index contributed by atoms with van der Waals surface area (Å²) in [6, 6.07) is 19.8. The molecule has 0 bridgehead atoms. The predicted octanol–water partition coefficient (Wildman–Crippen LogP) is 6.92. The summed E-state index contributed by atoms with van der Waals surface area (Å²) in [5.41, 5.74) is 3.22. The molecule has 3 aromatic carbocycles. The van der Waals surface area contributed by atoms with Gasteiger partial charge < -0.3 is 4.90 Å². The highest BCUT2D eigenvalue weighted by Crippen LogP contribution is 2.50. The predicted molar refractivity (Wildman–Crippen MR) is 141 cm³/mol. The Morgan fingerprint density at radius 2 is 1.79 bits per heavy atom. The molecule has 1 aromatic heterocycles. The number of thioether (sulfide) groups is 2. The van der Waals surface area contributed by atoms with E-state index in [1.54, 1.807) is 40.1 Å². The number of nitrogens with zero attached hydrogens (tertiary/aromatic N) is 4. The molecule has 3 heterocycles. The van der Waals surface area contributed by atoms with Gasteiger partial charge in [0.25, 0.3) is 5.91 Å². The van der Waals surface area contributed by atoms with Crippen LogP contribution < -0.4 is 9.80 Å². The molecule has 9 heteroatoms. The average molecular weight is 505 g/mol. The number of aliphatic imine (C=N–C) groups is 1. The topological polar surface area (TPSA) is 48.8 Å². The van der Waals surface area contributed by atoms with E-state index in [0.717, 1.165) is 30.8 Å². The number of thiazole rings is 1. The van der Waals surface area contributed by atoms with Crippen LogP contribution in [0.5, 0.6) is 0 Å². The number of para-hydroxylation sites is 1. The molecule has 168 valence electrons. The Hall–Kier alpha value is -3.14. The minimum atomic E-state index is -0.356. The lowest BCUT2D eigenvalue weighted by atomic mass is 10.2. The van der Waals surface area contributed by atoms with Crippen molar-refractivity contribution in [2.75, 3.05) is 16.8 Å². The maximum absolute atomic E-state index is 13.7. The number of carbonyl (C=O) groups is 1. The summed E-state index contributed by atoms with van der Waals surface area (Å²) in [6.45, 7) is 1.98. The number of carbonyl (C=O) groups excluding carboxylic acids is 1. The SMILES string of the molecule is Cc1nc2cc(N=C3S/C(=C4\Sc5ccccc5N4C)C(=O)N3c3ccc(F)cc3)ccc2s1. The molecular formula is C25H17FN4OS3. The van der Waals surface area contributed by atoms with E-state index in [1.165, 1.54) is 23.9 Å². The number of anilines is 2. The van der Waals surface area contributed by atoms with Crippen molar-refractivity contribution in [1.82, 2.24) is 4.98 Å². The molecule has 5 nitrogen and oxygen atoms in total. The molecule has 1 fully saturated rings. The van der Waals surface area contributed by atoms with Crippen LogP contribution >= 0.6 is 34.9 Å². The van der Waals surface area contributed by atoms with Gasteiger partial charge in [0.05, 0.1) is 37.3 Å². The third-order valence-electron chi connectivity index (χ3n) is 5.50. The number of aryl methyl sites for hydroxylation is 1. The summed E-state index contributed by atoms with van der Waals surface area (Å²) in [5.74, 6) is -0.533. The van der Waals surface area contributed by atoms with Crippen LogP contribution in [-0.4, -0.2) is 23.1 Å². The minimum absolute atomic E-state index is 0.178. The molecule has 1 amide bonds. The van der Waals surface area contributed by atoms with Crippen molar-refractivity contribution in [3.8, 4) is 0 Å². The quantitative estimate of drug-likeness (QED) is 0.277. The van der Waals surface area contributed by atoms with Crippen molar-refractivity contribution in [3.05, 3.63) is 87.5 Å². The van der Waals surface area contributed by atoms with Crippen LogP contribution in [0.15, 0.2) is 86.6 Å². The number of fused-ring (bicyclic) bond motifs is 2. The molecule has 34 heavy (non-hydrogen) atoms. The van der Waals surface area contributed by atoms with Crippen LogP contribution in [0.2, 0.25) is 0 Å². The van der Waals surface area contributed by atoms with Crippen molar-refractivity contribution < 1.29 is 9.18 Å². The van der Waals surface area contributed by atoms with Crippen LogP contribution in [0.4, 0.5) is 21.5 Å². The second kappa shape index (κ2) is 8.26. The molecule has 0 radical (unpaired) electrons. The van der Waals surface area contributed by atoms with Gasteiger partial charge in [0.2, 0.25) is 0 Å². The van der Waals surface area contributed by atoms with Gasteiger partial charge in [-0.15, -0.1) is 11.3 Å². The fourth-order valence-electron chi connectivity index (χ4n) is 3.91. The summed E-state index contributed by atoms with van der Waals surface area (Å²) < 4.78 is 14.7. The Morgan fingerprint density at radius 3 is 2.59 bits per heavy atom. The maximum Gasteiger partial charge on any atom is 0.274 e. The van der Waals surface area contributed by atoms with Gasteiger partial charge in [-0.25, -0.2) is 14.4 Å². The van der Waals surface area contributed by atoms with Crippen molar-refractivity contribution in [3.63, 3.8) is 0 Å². The molecule has 0 saturated carbocycles. The van der Waals surface area contributed by atoms with E-state index in [9.17, 15) is 9.18 Å². The molecule has 0 atom stereocenters. The van der Waals surface area contributed by atoms with Gasteiger partial charge in [0, 0.05) is 11.9 Å². The zero-order chi connectivity index (χ0) is 23.4. The lowest BCUT2D eigenvalue weighted by Crippen LogP contribution is -2.29. The smallest absolute Gasteiger partial charge is 0.274 e. The van der Waals surface area contributed by atoms with Gasteiger partial charge >= 0.3 is 0 Å². The van der Waals surface area contributed by atoms with Crippen LogP contribution in [0.25, 0.3) is 10.2 Å². The fraction of sp³-hybridized carbons (Fsp3) is 0.0800. The van der Waals surface area contributed by atoms with Gasteiger partial charge in [0.1, 0.15) is 10.7 Å². The normalized spacial score (nSPS) is 19.0. The highest BCUT2D eigenvalue weighted by atomic mass is 32.2. The third kappa shape index (κ3) is 3.60. The second-order valence-electron chi connectivity index (χ2n) is 7.76. The van der Waals surface area contributed by atoms with E-state index in [4.69, 9.17) is 4.99 Å². The van der Waals surface area contributed by atoms with Crippen molar-refractivity contribution in [2.45, 2.75) is 11.8 Å². The molecule has 0 N–H and O–H groups in total. The molecule has 2 aliphatic rings. The van der Waals surface area contributed by atoms with Gasteiger partial charge in [-0.2, -0.15) is 0 Å². The summed E-state index contributed by atoms with van der Waals surface area (Å²) in [5, 5.41) is 2.38. The van der Waals surface area contributed by atoms with E-state index in [0.29, 0.717) is 21.4 Å². The van der Waals surface area contributed by atoms with E-state index in [-0.39, 0.29) is 11.7 Å². The van der Waals surface area contributed by atoms with E-state index < -0.39 is 0 Å². The lowest BCUT2D eigenvalue weighted by Gasteiger charge is -2.16. The van der Waals surface area contributed by atoms with Crippen LogP contribution in [0, 0.1) is 12.7 Å². The second-order valence-corrected chi connectivity index (χ2v) is 11.0. The Morgan fingerprint density at radius 1 is 1.00 bits per heavy atom. The standard InChI is InChI=1S/C25H17FN4OS3/c1-14-27-18-13-16(9-12-20(18)32-14)28-25-30(17-10-7-15(26)8-11-17)23(31)22(34-25)24-29(2)19-5-3-4-6-21(19)33-24/h3-13H,1-2H3/b24-22-,28-25?. The van der Waals surface area contributed by atoms with Gasteiger partial charge in [0.15, 0.2) is 5.17 Å². The number of rotatable bonds is 2. The number of amidine groups is 1. The first-order chi connectivity index (χ1) is 16.5. The summed E-state index contributed by atoms with van der Waals surface area (Å²) >= 11 is 4.54. The first-order valence-corrected chi connectivity index (χ1v) is 12.9. The molecule has 0 aliphatic carbocycles. The molecule has 2 aliphatic heterocycles. The zero-order valence-electron chi connectivity index (χ0n) is 18.2. The monoisotopic (exact) mass is 504 g/mol. The van der Waals surface area contributed by atoms with Gasteiger partial charge in [-0.05, 0) is 73.3 Å². The van der Waals surface area contributed by atoms with Crippen molar-refractivity contribution >= 4 is 73.2 Å². The summed E-state index contributed by atoms with van der Waals surface area (Å²) in [7, 11) is 1.96. The van der Waals surface area contributed by atoms with Gasteiger partial charge in [-0.3, -0.25) is 9.69 Å². The molecule has 0 spiro atoms. The summed E-state index contributed by atoms with van der Waals surface area (Å²) in [4.78, 5) is 28.4. The van der Waals surface area contributed by atoms with E-state index >= 15 is 0 Å². The largest absolute Gasteiger partial charge is 0.337 e. The zero-order valence-corrected chi connectivity index (χ0v) is 20.6. The lowest BCUT2D eigenvalue weighted by molar-refractivity contribution is -0.113. The molecule has 0 unspecified atom stereocenters. The van der Waals surface area contributed by atoms with Crippen LogP contribution in [-0.2, 0) is 4.79 Å². The minimum Gasteiger partial charge on any atom is -0.337 e.